The van der Waals surface area contributed by atoms with Crippen LogP contribution in [0, 0.1) is 17.8 Å². The van der Waals surface area contributed by atoms with Crippen molar-refractivity contribution >= 4 is 56.8 Å². The van der Waals surface area contributed by atoms with Gasteiger partial charge in [-0.25, -0.2) is 0 Å². The Balaban J connectivity index is 1.46. The summed E-state index contributed by atoms with van der Waals surface area (Å²) < 4.78 is 6.46. The number of hydrogen-bond acceptors (Lipinski definition) is 6. The molecule has 222 valence electrons. The number of furan rings is 1. The van der Waals surface area contributed by atoms with E-state index in [4.69, 9.17) is 4.42 Å². The second-order valence-electron chi connectivity index (χ2n) is 11.5. The highest BCUT2D eigenvalue weighted by molar-refractivity contribution is 9.10. The number of fused-ring (bicyclic) bond motifs is 1. The van der Waals surface area contributed by atoms with E-state index in [1.165, 1.54) is 0 Å². The Kier molecular flexibility index (Phi) is 10.6. The van der Waals surface area contributed by atoms with E-state index in [0.717, 1.165) is 37.5 Å². The zero-order valence-corrected chi connectivity index (χ0v) is 25.1. The number of nitrogens with one attached hydrogen (secondary N) is 4. The molecule has 2 heterocycles. The Labute approximate surface area is 248 Å². The van der Waals surface area contributed by atoms with Crippen LogP contribution in [0.3, 0.4) is 0 Å². The van der Waals surface area contributed by atoms with Crippen molar-refractivity contribution in [1.29, 1.82) is 0 Å². The van der Waals surface area contributed by atoms with Gasteiger partial charge in [-0.3, -0.25) is 19.2 Å². The fourth-order valence-corrected chi connectivity index (χ4v) is 6.21. The van der Waals surface area contributed by atoms with E-state index < -0.39 is 35.8 Å². The average molecular weight is 632 g/mol. The fraction of sp³-hybridized carbons (Fsp3) is 0.567. The SMILES string of the molecule is CC(C)[C@H](NC(=O)c1cc2cccc(Br)c2o1)C(=O)N[C@@H](CC1CCCCC1)C(=O)N[C@H](C=O)C[C@@H]1CCNC1=O. The van der Waals surface area contributed by atoms with Crippen LogP contribution >= 0.6 is 15.9 Å². The summed E-state index contributed by atoms with van der Waals surface area (Å²) in [5, 5.41) is 11.9. The summed E-state index contributed by atoms with van der Waals surface area (Å²) in [5.74, 6) is -1.89. The zero-order chi connectivity index (χ0) is 29.5. The van der Waals surface area contributed by atoms with Gasteiger partial charge in [-0.2, -0.15) is 0 Å². The van der Waals surface area contributed by atoms with E-state index in [1.807, 2.05) is 32.0 Å². The average Bonchev–Trinajstić information content (AvgIpc) is 3.58. The molecule has 2 fully saturated rings. The zero-order valence-electron chi connectivity index (χ0n) is 23.5. The van der Waals surface area contributed by atoms with Crippen LogP contribution in [0.25, 0.3) is 11.0 Å². The third kappa shape index (κ3) is 7.96. The maximum atomic E-state index is 13.5. The Morgan fingerprint density at radius 2 is 1.80 bits per heavy atom. The molecule has 1 saturated carbocycles. The van der Waals surface area contributed by atoms with Gasteiger partial charge < -0.3 is 30.5 Å². The molecule has 11 heteroatoms. The minimum absolute atomic E-state index is 0.0756. The molecular formula is C30H39BrN4O6. The van der Waals surface area contributed by atoms with Gasteiger partial charge in [-0.15, -0.1) is 0 Å². The topological polar surface area (TPSA) is 147 Å². The number of amides is 4. The standard InChI is InChI=1S/C30H39BrN4O6/c1-17(2)25(35-29(39)24-15-19-9-6-10-22(31)26(19)41-24)30(40)34-23(13-18-7-4-3-5-8-18)28(38)33-21(16-36)14-20-11-12-32-27(20)37/h6,9-10,15-18,20-21,23,25H,3-5,7-8,11-14H2,1-2H3,(H,32,37)(H,33,38)(H,34,40)(H,35,39)/t20-,21-,23-,25-/m0/s1. The highest BCUT2D eigenvalue weighted by Gasteiger charge is 2.34. The lowest BCUT2D eigenvalue weighted by atomic mass is 9.84. The van der Waals surface area contributed by atoms with Crippen molar-refractivity contribution in [2.75, 3.05) is 6.54 Å². The number of carbonyl (C=O) groups is 5. The summed E-state index contributed by atoms with van der Waals surface area (Å²) in [6, 6.07) is 4.45. The number of para-hydroxylation sites is 1. The third-order valence-corrected chi connectivity index (χ3v) is 8.70. The van der Waals surface area contributed by atoms with Gasteiger partial charge in [0, 0.05) is 17.8 Å². The van der Waals surface area contributed by atoms with E-state index in [9.17, 15) is 24.0 Å². The van der Waals surface area contributed by atoms with Gasteiger partial charge in [0.1, 0.15) is 24.0 Å². The van der Waals surface area contributed by atoms with Gasteiger partial charge >= 0.3 is 0 Å². The Morgan fingerprint density at radius 1 is 1.05 bits per heavy atom. The molecule has 4 N–H and O–H groups in total. The lowest BCUT2D eigenvalue weighted by Crippen LogP contribution is -2.57. The predicted octanol–water partition coefficient (Wildman–Crippen LogP) is 3.61. The Morgan fingerprint density at radius 3 is 2.44 bits per heavy atom. The molecule has 41 heavy (non-hydrogen) atoms. The molecule has 4 rings (SSSR count). The van der Waals surface area contributed by atoms with Crippen molar-refractivity contribution in [3.63, 3.8) is 0 Å². The quantitative estimate of drug-likeness (QED) is 0.263. The molecule has 1 saturated heterocycles. The van der Waals surface area contributed by atoms with E-state index in [2.05, 4.69) is 37.2 Å². The largest absolute Gasteiger partial charge is 0.450 e. The summed E-state index contributed by atoms with van der Waals surface area (Å²) >= 11 is 3.42. The molecule has 0 radical (unpaired) electrons. The highest BCUT2D eigenvalue weighted by Crippen LogP contribution is 2.28. The van der Waals surface area contributed by atoms with E-state index in [1.54, 1.807) is 6.07 Å². The maximum absolute atomic E-state index is 13.5. The molecule has 0 bridgehead atoms. The molecule has 1 aromatic carbocycles. The van der Waals surface area contributed by atoms with E-state index in [0.29, 0.717) is 35.7 Å². The maximum Gasteiger partial charge on any atom is 0.287 e. The molecule has 1 aliphatic heterocycles. The lowest BCUT2D eigenvalue weighted by Gasteiger charge is -2.29. The first-order valence-corrected chi connectivity index (χ1v) is 15.3. The van der Waals surface area contributed by atoms with Crippen molar-refractivity contribution < 1.29 is 28.4 Å². The molecule has 1 aromatic heterocycles. The highest BCUT2D eigenvalue weighted by atomic mass is 79.9. The minimum Gasteiger partial charge on any atom is -0.450 e. The predicted molar refractivity (Wildman–Crippen MR) is 157 cm³/mol. The van der Waals surface area contributed by atoms with Gasteiger partial charge in [0.2, 0.25) is 17.7 Å². The molecule has 2 aliphatic rings. The molecule has 4 atom stereocenters. The van der Waals surface area contributed by atoms with Crippen LogP contribution < -0.4 is 21.3 Å². The van der Waals surface area contributed by atoms with Crippen LogP contribution in [0.15, 0.2) is 33.2 Å². The van der Waals surface area contributed by atoms with Crippen molar-refractivity contribution in [2.45, 2.75) is 83.3 Å². The summed E-state index contributed by atoms with van der Waals surface area (Å²) in [5.41, 5.74) is 0.534. The van der Waals surface area contributed by atoms with Gasteiger partial charge in [0.25, 0.3) is 5.91 Å². The molecule has 2 aromatic rings. The van der Waals surface area contributed by atoms with Crippen molar-refractivity contribution in [3.05, 3.63) is 34.5 Å². The summed E-state index contributed by atoms with van der Waals surface area (Å²) in [7, 11) is 0. The summed E-state index contributed by atoms with van der Waals surface area (Å²) in [6.45, 7) is 4.17. The molecule has 10 nitrogen and oxygen atoms in total. The first-order chi connectivity index (χ1) is 19.7. The van der Waals surface area contributed by atoms with Crippen molar-refractivity contribution in [3.8, 4) is 0 Å². The number of hydrogen-bond donors (Lipinski definition) is 4. The third-order valence-electron chi connectivity index (χ3n) is 8.08. The smallest absolute Gasteiger partial charge is 0.287 e. The monoisotopic (exact) mass is 630 g/mol. The van der Waals surface area contributed by atoms with Crippen LogP contribution in [0.5, 0.6) is 0 Å². The number of rotatable bonds is 12. The molecule has 0 unspecified atom stereocenters. The number of aldehydes is 1. The molecule has 0 spiro atoms. The lowest BCUT2D eigenvalue weighted by molar-refractivity contribution is -0.132. The van der Waals surface area contributed by atoms with Gasteiger partial charge in [0.15, 0.2) is 5.76 Å². The molecule has 4 amide bonds. The normalized spacial score (nSPS) is 19.8. The Bertz CT molecular complexity index is 1270. The minimum atomic E-state index is -0.926. The molecule has 1 aliphatic carbocycles. The van der Waals surface area contributed by atoms with Gasteiger partial charge in [-0.1, -0.05) is 58.1 Å². The van der Waals surface area contributed by atoms with Crippen LogP contribution in [0.1, 0.15) is 75.8 Å². The van der Waals surface area contributed by atoms with E-state index in [-0.39, 0.29) is 35.8 Å². The van der Waals surface area contributed by atoms with Gasteiger partial charge in [0.05, 0.1) is 10.5 Å². The molecular weight excluding hydrogens is 592 g/mol. The fourth-order valence-electron chi connectivity index (χ4n) is 5.74. The Hall–Kier alpha value is -3.21. The number of halogens is 1. The number of carbonyl (C=O) groups excluding carboxylic acids is 5. The number of benzene rings is 1. The summed E-state index contributed by atoms with van der Waals surface area (Å²) in [6.07, 6.45) is 7.11. The van der Waals surface area contributed by atoms with Crippen LogP contribution in [0.2, 0.25) is 0 Å². The van der Waals surface area contributed by atoms with Crippen molar-refractivity contribution in [1.82, 2.24) is 21.3 Å². The second kappa shape index (κ2) is 14.1. The van der Waals surface area contributed by atoms with Crippen LogP contribution in [-0.2, 0) is 19.2 Å². The first-order valence-electron chi connectivity index (χ1n) is 14.5. The van der Waals surface area contributed by atoms with Gasteiger partial charge in [-0.05, 0) is 59.2 Å². The van der Waals surface area contributed by atoms with Crippen LogP contribution in [0.4, 0.5) is 0 Å². The van der Waals surface area contributed by atoms with E-state index >= 15 is 0 Å². The first kappa shape index (κ1) is 30.7. The van der Waals surface area contributed by atoms with Crippen molar-refractivity contribution in [2.24, 2.45) is 17.8 Å². The second-order valence-corrected chi connectivity index (χ2v) is 12.4. The summed E-state index contributed by atoms with van der Waals surface area (Å²) in [4.78, 5) is 63.9. The van der Waals surface area contributed by atoms with Crippen LogP contribution in [-0.4, -0.2) is 54.6 Å².